The average Bonchev–Trinajstić information content (AvgIpc) is 2.38. The van der Waals surface area contributed by atoms with E-state index in [2.05, 4.69) is 32.1 Å². The second-order valence-electron chi connectivity index (χ2n) is 4.14. The standard InChI is InChI=1S/C11H18N6/c1-13-10-9(7-12)11(15-8-14-10)17-5-3-16(2)4-6-17/h7-8,12H,3-6H2,1-2H3,(H,13,14,15). The van der Waals surface area contributed by atoms with E-state index in [0.29, 0.717) is 5.82 Å². The molecule has 2 rings (SSSR count). The smallest absolute Gasteiger partial charge is 0.143 e. The van der Waals surface area contributed by atoms with Crippen molar-refractivity contribution in [1.82, 2.24) is 14.9 Å². The van der Waals surface area contributed by atoms with Crippen LogP contribution in [0, 0.1) is 5.41 Å². The van der Waals surface area contributed by atoms with Crippen LogP contribution in [-0.4, -0.2) is 61.4 Å². The van der Waals surface area contributed by atoms with Crippen LogP contribution in [0.25, 0.3) is 0 Å². The van der Waals surface area contributed by atoms with E-state index in [1.54, 1.807) is 6.33 Å². The van der Waals surface area contributed by atoms with Crippen molar-refractivity contribution in [1.29, 1.82) is 5.41 Å². The molecule has 6 heteroatoms. The minimum Gasteiger partial charge on any atom is -0.372 e. The fourth-order valence-corrected chi connectivity index (χ4v) is 1.99. The highest BCUT2D eigenvalue weighted by Gasteiger charge is 2.19. The van der Waals surface area contributed by atoms with Gasteiger partial charge in [-0.2, -0.15) is 0 Å². The summed E-state index contributed by atoms with van der Waals surface area (Å²) in [5, 5.41) is 10.5. The van der Waals surface area contributed by atoms with Crippen LogP contribution in [0.3, 0.4) is 0 Å². The van der Waals surface area contributed by atoms with Crippen LogP contribution in [0.4, 0.5) is 11.6 Å². The lowest BCUT2D eigenvalue weighted by molar-refractivity contribution is 0.312. The number of rotatable bonds is 3. The summed E-state index contributed by atoms with van der Waals surface area (Å²) >= 11 is 0. The summed E-state index contributed by atoms with van der Waals surface area (Å²) in [5.74, 6) is 1.57. The van der Waals surface area contributed by atoms with Gasteiger partial charge in [0, 0.05) is 39.4 Å². The van der Waals surface area contributed by atoms with Gasteiger partial charge in [-0.25, -0.2) is 9.97 Å². The van der Waals surface area contributed by atoms with Gasteiger partial charge < -0.3 is 20.5 Å². The zero-order valence-corrected chi connectivity index (χ0v) is 10.3. The second-order valence-corrected chi connectivity index (χ2v) is 4.14. The van der Waals surface area contributed by atoms with Gasteiger partial charge in [-0.15, -0.1) is 0 Å². The molecule has 1 aliphatic heterocycles. The Morgan fingerprint density at radius 1 is 1.29 bits per heavy atom. The molecule has 17 heavy (non-hydrogen) atoms. The van der Waals surface area contributed by atoms with Crippen molar-refractivity contribution in [2.24, 2.45) is 0 Å². The first-order valence-electron chi connectivity index (χ1n) is 5.73. The quantitative estimate of drug-likeness (QED) is 0.735. The third-order valence-electron chi connectivity index (χ3n) is 3.05. The number of likely N-dealkylation sites (N-methyl/N-ethyl adjacent to an activating group) is 1. The summed E-state index contributed by atoms with van der Waals surface area (Å²) < 4.78 is 0. The SMILES string of the molecule is CNc1ncnc(N2CCN(C)CC2)c1C=N. The number of aromatic nitrogens is 2. The molecule has 0 unspecified atom stereocenters. The largest absolute Gasteiger partial charge is 0.372 e. The van der Waals surface area contributed by atoms with Crippen LogP contribution in [0.2, 0.25) is 0 Å². The lowest BCUT2D eigenvalue weighted by Crippen LogP contribution is -2.45. The zero-order valence-electron chi connectivity index (χ0n) is 10.3. The maximum atomic E-state index is 7.50. The number of hydrogen-bond donors (Lipinski definition) is 2. The molecule has 0 saturated carbocycles. The Balaban J connectivity index is 2.28. The minimum absolute atomic E-state index is 0.712. The molecule has 2 heterocycles. The highest BCUT2D eigenvalue weighted by atomic mass is 15.3. The lowest BCUT2D eigenvalue weighted by atomic mass is 10.2. The molecule has 0 atom stereocenters. The monoisotopic (exact) mass is 234 g/mol. The van der Waals surface area contributed by atoms with Crippen molar-refractivity contribution in [3.63, 3.8) is 0 Å². The van der Waals surface area contributed by atoms with Gasteiger partial charge in [0.25, 0.3) is 0 Å². The van der Waals surface area contributed by atoms with E-state index in [1.165, 1.54) is 6.21 Å². The van der Waals surface area contributed by atoms with Gasteiger partial charge in [0.05, 0.1) is 5.56 Å². The van der Waals surface area contributed by atoms with Crippen molar-refractivity contribution in [2.75, 3.05) is 50.5 Å². The minimum atomic E-state index is 0.712. The average molecular weight is 234 g/mol. The van der Waals surface area contributed by atoms with Gasteiger partial charge in [0.15, 0.2) is 0 Å². The molecular formula is C11H18N6. The summed E-state index contributed by atoms with van der Waals surface area (Å²) in [7, 11) is 3.93. The van der Waals surface area contributed by atoms with Crippen LogP contribution in [0.1, 0.15) is 5.56 Å². The van der Waals surface area contributed by atoms with E-state index in [0.717, 1.165) is 37.6 Å². The number of piperazine rings is 1. The van der Waals surface area contributed by atoms with E-state index < -0.39 is 0 Å². The molecule has 0 amide bonds. The van der Waals surface area contributed by atoms with Crippen LogP contribution in [0.15, 0.2) is 6.33 Å². The number of nitrogens with zero attached hydrogens (tertiary/aromatic N) is 4. The molecule has 0 spiro atoms. The van der Waals surface area contributed by atoms with Crippen molar-refractivity contribution < 1.29 is 0 Å². The van der Waals surface area contributed by atoms with E-state index in [4.69, 9.17) is 5.41 Å². The Morgan fingerprint density at radius 2 is 2.00 bits per heavy atom. The summed E-state index contributed by atoms with van der Waals surface area (Å²) in [6.45, 7) is 3.93. The Labute approximate surface area is 101 Å². The molecule has 1 aliphatic rings. The molecule has 1 aromatic heterocycles. The van der Waals surface area contributed by atoms with Crippen molar-refractivity contribution in [3.8, 4) is 0 Å². The molecule has 1 saturated heterocycles. The maximum Gasteiger partial charge on any atom is 0.143 e. The predicted octanol–water partition coefficient (Wildman–Crippen LogP) is 0.268. The Bertz CT molecular complexity index is 397. The first kappa shape index (κ1) is 11.8. The molecule has 92 valence electrons. The molecule has 1 fully saturated rings. The van der Waals surface area contributed by atoms with Gasteiger partial charge in [-0.1, -0.05) is 0 Å². The maximum absolute atomic E-state index is 7.50. The Morgan fingerprint density at radius 3 is 2.59 bits per heavy atom. The van der Waals surface area contributed by atoms with Crippen molar-refractivity contribution in [2.45, 2.75) is 0 Å². The van der Waals surface area contributed by atoms with Crippen molar-refractivity contribution in [3.05, 3.63) is 11.9 Å². The van der Waals surface area contributed by atoms with E-state index in [1.807, 2.05) is 7.05 Å². The Kier molecular flexibility index (Phi) is 3.53. The first-order chi connectivity index (χ1) is 8.26. The Hall–Kier alpha value is -1.69. The molecule has 0 aliphatic carbocycles. The summed E-state index contributed by atoms with van der Waals surface area (Å²) in [6.07, 6.45) is 2.87. The third kappa shape index (κ3) is 2.36. The second kappa shape index (κ2) is 5.09. The summed E-state index contributed by atoms with van der Waals surface area (Å²) in [4.78, 5) is 12.9. The molecule has 0 aromatic carbocycles. The topological polar surface area (TPSA) is 68.1 Å². The van der Waals surface area contributed by atoms with E-state index in [9.17, 15) is 0 Å². The highest BCUT2D eigenvalue weighted by molar-refractivity contribution is 5.90. The summed E-state index contributed by atoms with van der Waals surface area (Å²) in [5.41, 5.74) is 0.763. The fourth-order valence-electron chi connectivity index (χ4n) is 1.99. The zero-order chi connectivity index (χ0) is 12.3. The van der Waals surface area contributed by atoms with Crippen LogP contribution in [-0.2, 0) is 0 Å². The number of anilines is 2. The predicted molar refractivity (Wildman–Crippen MR) is 69.2 cm³/mol. The summed E-state index contributed by atoms with van der Waals surface area (Å²) in [6, 6.07) is 0. The van der Waals surface area contributed by atoms with Crippen LogP contribution >= 0.6 is 0 Å². The van der Waals surface area contributed by atoms with E-state index >= 15 is 0 Å². The van der Waals surface area contributed by atoms with Gasteiger partial charge in [-0.3, -0.25) is 0 Å². The van der Waals surface area contributed by atoms with Gasteiger partial charge >= 0.3 is 0 Å². The number of hydrogen-bond acceptors (Lipinski definition) is 6. The first-order valence-corrected chi connectivity index (χ1v) is 5.73. The number of nitrogens with one attached hydrogen (secondary N) is 2. The molecule has 0 radical (unpaired) electrons. The normalized spacial score (nSPS) is 16.9. The lowest BCUT2D eigenvalue weighted by Gasteiger charge is -2.33. The third-order valence-corrected chi connectivity index (χ3v) is 3.05. The van der Waals surface area contributed by atoms with Gasteiger partial charge in [0.2, 0.25) is 0 Å². The van der Waals surface area contributed by atoms with Crippen LogP contribution in [0.5, 0.6) is 0 Å². The van der Waals surface area contributed by atoms with Gasteiger partial charge in [0.1, 0.15) is 18.0 Å². The molecule has 6 nitrogen and oxygen atoms in total. The molecule has 0 bridgehead atoms. The van der Waals surface area contributed by atoms with E-state index in [-0.39, 0.29) is 0 Å². The van der Waals surface area contributed by atoms with Crippen LogP contribution < -0.4 is 10.2 Å². The molecule has 1 aromatic rings. The van der Waals surface area contributed by atoms with Crippen molar-refractivity contribution >= 4 is 17.9 Å². The fraction of sp³-hybridized carbons (Fsp3) is 0.545. The highest BCUT2D eigenvalue weighted by Crippen LogP contribution is 2.21. The molecular weight excluding hydrogens is 216 g/mol. The van der Waals surface area contributed by atoms with Gasteiger partial charge in [-0.05, 0) is 7.05 Å². The molecule has 2 N–H and O–H groups in total.